The Hall–Kier alpha value is -3.91. The molecule has 3 aromatic carbocycles. The second-order valence-electron chi connectivity index (χ2n) is 8.07. The van der Waals surface area contributed by atoms with Gasteiger partial charge in [-0.25, -0.2) is 4.79 Å². The first-order valence-electron chi connectivity index (χ1n) is 10.9. The second-order valence-corrected chi connectivity index (χ2v) is 9.73. The summed E-state index contributed by atoms with van der Waals surface area (Å²) < 4.78 is 36.6. The van der Waals surface area contributed by atoms with Gasteiger partial charge in [0.2, 0.25) is 5.76 Å². The number of aryl methyl sites for hydroxylation is 1. The van der Waals surface area contributed by atoms with Crippen LogP contribution in [0.1, 0.15) is 40.3 Å². The van der Waals surface area contributed by atoms with Crippen molar-refractivity contribution in [2.75, 3.05) is 0 Å². The van der Waals surface area contributed by atoms with E-state index >= 15 is 0 Å². The predicted octanol–water partition coefficient (Wildman–Crippen LogP) is 4.98. The fourth-order valence-corrected chi connectivity index (χ4v) is 4.98. The van der Waals surface area contributed by atoms with E-state index in [0.717, 1.165) is 17.2 Å². The number of nitrogens with zero attached hydrogens (tertiary/aromatic N) is 1. The van der Waals surface area contributed by atoms with Crippen molar-refractivity contribution in [3.05, 3.63) is 95.4 Å². The van der Waals surface area contributed by atoms with Crippen LogP contribution in [-0.4, -0.2) is 20.1 Å². The van der Waals surface area contributed by atoms with Gasteiger partial charge >= 0.3 is 5.97 Å². The molecule has 1 aliphatic rings. The highest BCUT2D eigenvalue weighted by Gasteiger charge is 2.29. The molecule has 1 aromatic heterocycles. The number of ether oxygens (including phenoxy) is 1. The van der Waals surface area contributed by atoms with Gasteiger partial charge in [-0.05, 0) is 54.8 Å². The highest BCUT2D eigenvalue weighted by Crippen LogP contribution is 2.31. The lowest BCUT2D eigenvalue weighted by molar-refractivity contribution is 0.0698. The van der Waals surface area contributed by atoms with E-state index in [9.17, 15) is 13.2 Å². The summed E-state index contributed by atoms with van der Waals surface area (Å²) in [6.07, 6.45) is 1.92. The molecule has 0 saturated heterocycles. The van der Waals surface area contributed by atoms with Gasteiger partial charge in [0.25, 0.3) is 10.0 Å². The summed E-state index contributed by atoms with van der Waals surface area (Å²) in [5.41, 5.74) is 1.78. The summed E-state index contributed by atoms with van der Waals surface area (Å²) >= 11 is 0. The number of esters is 1. The van der Waals surface area contributed by atoms with Crippen LogP contribution in [0, 0.1) is 6.92 Å². The maximum atomic E-state index is 12.9. The van der Waals surface area contributed by atoms with Crippen LogP contribution in [0.15, 0.2) is 87.2 Å². The fourth-order valence-electron chi connectivity index (χ4n) is 4.13. The minimum Gasteiger partial charge on any atom is -0.453 e. The minimum absolute atomic E-state index is 0.0960. The molecule has 4 aromatic rings. The molecule has 1 heterocycles. The van der Waals surface area contributed by atoms with Gasteiger partial charge in [-0.1, -0.05) is 48.5 Å². The number of carbonyl (C=O) groups excluding carboxylic acids is 1. The third kappa shape index (κ3) is 4.20. The van der Waals surface area contributed by atoms with E-state index in [0.29, 0.717) is 41.2 Å². The zero-order chi connectivity index (χ0) is 23.7. The number of sulfonamides is 1. The number of fused-ring (bicyclic) bond motifs is 2. The van der Waals surface area contributed by atoms with Crippen LogP contribution < -0.4 is 9.57 Å². The van der Waals surface area contributed by atoms with E-state index in [4.69, 9.17) is 9.15 Å². The Kier molecular flexibility index (Phi) is 5.67. The maximum absolute atomic E-state index is 12.9. The molecule has 172 valence electrons. The molecule has 0 saturated carbocycles. The van der Waals surface area contributed by atoms with Crippen LogP contribution in [0.5, 0.6) is 5.75 Å². The Morgan fingerprint density at radius 1 is 0.971 bits per heavy atom. The van der Waals surface area contributed by atoms with Gasteiger partial charge in [-0.2, -0.15) is 18.4 Å². The monoisotopic (exact) mass is 474 g/mol. The summed E-state index contributed by atoms with van der Waals surface area (Å²) in [4.78, 5) is 15.4. The molecule has 5 rings (SSSR count). The molecular formula is C26H22N2O5S. The largest absolute Gasteiger partial charge is 0.453 e. The van der Waals surface area contributed by atoms with Crippen molar-refractivity contribution in [2.45, 2.75) is 31.1 Å². The molecule has 1 aliphatic carbocycles. The van der Waals surface area contributed by atoms with Gasteiger partial charge in [0.05, 0.1) is 10.6 Å². The zero-order valence-electron chi connectivity index (χ0n) is 18.4. The molecule has 0 amide bonds. The van der Waals surface area contributed by atoms with E-state index in [-0.39, 0.29) is 10.7 Å². The first-order chi connectivity index (χ1) is 16.4. The molecule has 0 aliphatic heterocycles. The number of furan rings is 1. The lowest BCUT2D eigenvalue weighted by atomic mass is 9.93. The van der Waals surface area contributed by atoms with Crippen molar-refractivity contribution in [2.24, 2.45) is 5.10 Å². The highest BCUT2D eigenvalue weighted by atomic mass is 32.2. The summed E-state index contributed by atoms with van der Waals surface area (Å²) in [6.45, 7) is 1.76. The van der Waals surface area contributed by atoms with Crippen molar-refractivity contribution < 1.29 is 22.4 Å². The lowest BCUT2D eigenvalue weighted by Gasteiger charge is -2.14. The topological polar surface area (TPSA) is 98.0 Å². The van der Waals surface area contributed by atoms with Crippen LogP contribution in [-0.2, 0) is 16.4 Å². The average Bonchev–Trinajstić information content (AvgIpc) is 3.20. The van der Waals surface area contributed by atoms with Gasteiger partial charge in [-0.15, -0.1) is 0 Å². The fraction of sp³-hybridized carbons (Fsp3) is 0.154. The SMILES string of the molecule is Cc1c(C(=O)Oc2ccc3ccccc3c2)oc2c1/C(=N/NS(=O)(=O)c1ccccc1)CCC2. The van der Waals surface area contributed by atoms with Gasteiger partial charge in [0.15, 0.2) is 0 Å². The minimum atomic E-state index is -3.80. The number of hydrazone groups is 1. The van der Waals surface area contributed by atoms with Gasteiger partial charge in [-0.3, -0.25) is 0 Å². The smallest absolute Gasteiger partial charge is 0.379 e. The molecule has 0 unspecified atom stereocenters. The molecule has 0 spiro atoms. The van der Waals surface area contributed by atoms with Crippen molar-refractivity contribution in [3.63, 3.8) is 0 Å². The predicted molar refractivity (Wildman–Crippen MR) is 129 cm³/mol. The summed E-state index contributed by atoms with van der Waals surface area (Å²) in [7, 11) is -3.80. The molecule has 8 heteroatoms. The Morgan fingerprint density at radius 3 is 2.50 bits per heavy atom. The Labute approximate surface area is 197 Å². The molecular weight excluding hydrogens is 452 g/mol. The molecule has 7 nitrogen and oxygen atoms in total. The van der Waals surface area contributed by atoms with Crippen LogP contribution in [0.4, 0.5) is 0 Å². The molecule has 34 heavy (non-hydrogen) atoms. The standard InChI is InChI=1S/C26H22N2O5S/c1-17-24-22(27-28-34(30,31)21-10-3-2-4-11-21)12-7-13-23(24)33-25(17)26(29)32-20-15-14-18-8-5-6-9-19(18)16-20/h2-6,8-11,14-16,28H,7,12-13H2,1H3/b27-22+. The van der Waals surface area contributed by atoms with Gasteiger partial charge in [0.1, 0.15) is 11.5 Å². The summed E-state index contributed by atoms with van der Waals surface area (Å²) in [5, 5.41) is 6.20. The van der Waals surface area contributed by atoms with Crippen LogP contribution in [0.3, 0.4) is 0 Å². The summed E-state index contributed by atoms with van der Waals surface area (Å²) in [6, 6.07) is 21.3. The average molecular weight is 475 g/mol. The number of carbonyl (C=O) groups is 1. The van der Waals surface area contributed by atoms with Crippen molar-refractivity contribution in [3.8, 4) is 5.75 Å². The normalized spacial score (nSPS) is 14.7. The molecule has 0 atom stereocenters. The van der Waals surface area contributed by atoms with E-state index in [2.05, 4.69) is 9.93 Å². The van der Waals surface area contributed by atoms with Gasteiger partial charge in [0, 0.05) is 17.5 Å². The maximum Gasteiger partial charge on any atom is 0.379 e. The Balaban J connectivity index is 1.41. The molecule has 1 N–H and O–H groups in total. The number of rotatable bonds is 5. The number of hydrogen-bond acceptors (Lipinski definition) is 6. The third-order valence-electron chi connectivity index (χ3n) is 5.80. The van der Waals surface area contributed by atoms with E-state index in [1.165, 1.54) is 12.1 Å². The third-order valence-corrected chi connectivity index (χ3v) is 7.02. The summed E-state index contributed by atoms with van der Waals surface area (Å²) in [5.74, 6) is 0.513. The number of hydrogen-bond donors (Lipinski definition) is 1. The van der Waals surface area contributed by atoms with Crippen molar-refractivity contribution in [1.82, 2.24) is 4.83 Å². The van der Waals surface area contributed by atoms with E-state index < -0.39 is 16.0 Å². The zero-order valence-corrected chi connectivity index (χ0v) is 19.3. The highest BCUT2D eigenvalue weighted by molar-refractivity contribution is 7.89. The van der Waals surface area contributed by atoms with Crippen molar-refractivity contribution in [1.29, 1.82) is 0 Å². The van der Waals surface area contributed by atoms with Crippen LogP contribution >= 0.6 is 0 Å². The first-order valence-corrected chi connectivity index (χ1v) is 12.4. The number of nitrogens with one attached hydrogen (secondary N) is 1. The first kappa shape index (κ1) is 21.9. The lowest BCUT2D eigenvalue weighted by Crippen LogP contribution is -2.22. The van der Waals surface area contributed by atoms with E-state index in [1.54, 1.807) is 37.3 Å². The number of benzene rings is 3. The Morgan fingerprint density at radius 2 is 1.71 bits per heavy atom. The quantitative estimate of drug-likeness (QED) is 0.250. The van der Waals surface area contributed by atoms with Crippen LogP contribution in [0.2, 0.25) is 0 Å². The van der Waals surface area contributed by atoms with Gasteiger partial charge < -0.3 is 9.15 Å². The Bertz CT molecular complexity index is 1520. The van der Waals surface area contributed by atoms with Crippen molar-refractivity contribution >= 4 is 32.5 Å². The molecule has 0 bridgehead atoms. The van der Waals surface area contributed by atoms with Crippen LogP contribution in [0.25, 0.3) is 10.8 Å². The van der Waals surface area contributed by atoms with E-state index in [1.807, 2.05) is 30.3 Å². The molecule has 0 radical (unpaired) electrons. The second kappa shape index (κ2) is 8.79. The molecule has 0 fully saturated rings.